The molecule has 1 aromatic carbocycles. The van der Waals surface area contributed by atoms with E-state index in [9.17, 15) is 4.79 Å². The molecular formula is C11H13NO2. The average molecular weight is 191 g/mol. The fraction of sp³-hybridized carbons (Fsp3) is 0.364. The Bertz CT molecular complexity index is 310. The zero-order valence-corrected chi connectivity index (χ0v) is 7.98. The quantitative estimate of drug-likeness (QED) is 0.699. The van der Waals surface area contributed by atoms with Gasteiger partial charge in [0.1, 0.15) is 6.61 Å². The van der Waals surface area contributed by atoms with Crippen molar-refractivity contribution in [3.05, 3.63) is 35.9 Å². The molecular weight excluding hydrogens is 178 g/mol. The third-order valence-corrected chi connectivity index (χ3v) is 2.30. The van der Waals surface area contributed by atoms with E-state index in [-0.39, 0.29) is 12.5 Å². The zero-order chi connectivity index (χ0) is 9.80. The Balaban J connectivity index is 2.00. The first-order valence-electron chi connectivity index (χ1n) is 4.76. The molecule has 0 unspecified atom stereocenters. The van der Waals surface area contributed by atoms with Crippen molar-refractivity contribution < 1.29 is 9.53 Å². The van der Waals surface area contributed by atoms with Crippen LogP contribution in [0.2, 0.25) is 0 Å². The molecule has 1 saturated heterocycles. The number of carbonyl (C=O) groups is 1. The van der Waals surface area contributed by atoms with Gasteiger partial charge in [0.2, 0.25) is 5.91 Å². The van der Waals surface area contributed by atoms with E-state index in [1.54, 1.807) is 0 Å². The smallest absolute Gasteiger partial charge is 0.248 e. The Labute approximate surface area is 83.3 Å². The molecule has 0 atom stereocenters. The SMILES string of the molecule is O=C1COCCN1Cc1ccccc1. The van der Waals surface area contributed by atoms with Crippen LogP contribution >= 0.6 is 0 Å². The molecule has 1 aromatic rings. The van der Waals surface area contributed by atoms with Crippen LogP contribution in [0.5, 0.6) is 0 Å². The first-order valence-corrected chi connectivity index (χ1v) is 4.76. The number of ether oxygens (including phenoxy) is 1. The van der Waals surface area contributed by atoms with Gasteiger partial charge < -0.3 is 9.64 Å². The van der Waals surface area contributed by atoms with Crippen LogP contribution in [0.15, 0.2) is 30.3 Å². The van der Waals surface area contributed by atoms with Gasteiger partial charge in [0.25, 0.3) is 0 Å². The van der Waals surface area contributed by atoms with Crippen LogP contribution < -0.4 is 0 Å². The summed E-state index contributed by atoms with van der Waals surface area (Å²) in [7, 11) is 0. The third-order valence-electron chi connectivity index (χ3n) is 2.30. The normalized spacial score (nSPS) is 17.1. The summed E-state index contributed by atoms with van der Waals surface area (Å²) in [6.07, 6.45) is 0. The Hall–Kier alpha value is -1.35. The number of nitrogens with zero attached hydrogens (tertiary/aromatic N) is 1. The molecule has 0 N–H and O–H groups in total. The maximum Gasteiger partial charge on any atom is 0.248 e. The van der Waals surface area contributed by atoms with Gasteiger partial charge in [-0.15, -0.1) is 0 Å². The minimum Gasteiger partial charge on any atom is -0.370 e. The summed E-state index contributed by atoms with van der Waals surface area (Å²) >= 11 is 0. The average Bonchev–Trinajstić information content (AvgIpc) is 2.23. The molecule has 0 spiro atoms. The lowest BCUT2D eigenvalue weighted by atomic mass is 10.2. The van der Waals surface area contributed by atoms with Gasteiger partial charge >= 0.3 is 0 Å². The van der Waals surface area contributed by atoms with Crippen molar-refractivity contribution in [2.75, 3.05) is 19.8 Å². The standard InChI is InChI=1S/C11H13NO2/c13-11-9-14-7-6-12(11)8-10-4-2-1-3-5-10/h1-5H,6-9H2. The second-order valence-corrected chi connectivity index (χ2v) is 3.35. The largest absolute Gasteiger partial charge is 0.370 e. The maximum atomic E-state index is 11.4. The summed E-state index contributed by atoms with van der Waals surface area (Å²) in [6, 6.07) is 10.0. The van der Waals surface area contributed by atoms with Gasteiger partial charge in [0.15, 0.2) is 0 Å². The lowest BCUT2D eigenvalue weighted by Gasteiger charge is -2.26. The molecule has 0 bridgehead atoms. The van der Waals surface area contributed by atoms with Crippen molar-refractivity contribution in [3.63, 3.8) is 0 Å². The van der Waals surface area contributed by atoms with Gasteiger partial charge in [0, 0.05) is 13.1 Å². The highest BCUT2D eigenvalue weighted by atomic mass is 16.5. The molecule has 3 nitrogen and oxygen atoms in total. The highest BCUT2D eigenvalue weighted by Gasteiger charge is 2.17. The lowest BCUT2D eigenvalue weighted by molar-refractivity contribution is -0.143. The van der Waals surface area contributed by atoms with Crippen molar-refractivity contribution in [3.8, 4) is 0 Å². The maximum absolute atomic E-state index is 11.4. The number of amides is 1. The molecule has 1 aliphatic heterocycles. The second-order valence-electron chi connectivity index (χ2n) is 3.35. The molecule has 1 heterocycles. The minimum absolute atomic E-state index is 0.0834. The molecule has 1 amide bonds. The van der Waals surface area contributed by atoms with Crippen molar-refractivity contribution in [1.29, 1.82) is 0 Å². The van der Waals surface area contributed by atoms with E-state index in [1.165, 1.54) is 5.56 Å². The van der Waals surface area contributed by atoms with E-state index in [4.69, 9.17) is 4.74 Å². The Morgan fingerprint density at radius 2 is 2.07 bits per heavy atom. The summed E-state index contributed by atoms with van der Waals surface area (Å²) in [5.41, 5.74) is 1.17. The monoisotopic (exact) mass is 191 g/mol. The first kappa shape index (κ1) is 9.21. The third kappa shape index (κ3) is 2.12. The Morgan fingerprint density at radius 3 is 2.79 bits per heavy atom. The minimum atomic E-state index is 0.0834. The van der Waals surface area contributed by atoms with E-state index >= 15 is 0 Å². The van der Waals surface area contributed by atoms with Crippen LogP contribution in [0.1, 0.15) is 5.56 Å². The van der Waals surface area contributed by atoms with E-state index in [2.05, 4.69) is 0 Å². The fourth-order valence-corrected chi connectivity index (χ4v) is 1.52. The van der Waals surface area contributed by atoms with E-state index in [0.717, 1.165) is 0 Å². The molecule has 1 fully saturated rings. The number of morpholine rings is 1. The summed E-state index contributed by atoms with van der Waals surface area (Å²) in [4.78, 5) is 13.2. The van der Waals surface area contributed by atoms with Crippen LogP contribution in [0.4, 0.5) is 0 Å². The van der Waals surface area contributed by atoms with Gasteiger partial charge in [-0.05, 0) is 5.56 Å². The first-order chi connectivity index (χ1) is 6.86. The van der Waals surface area contributed by atoms with Crippen LogP contribution in [0.25, 0.3) is 0 Å². The molecule has 3 heteroatoms. The van der Waals surface area contributed by atoms with Gasteiger partial charge in [-0.1, -0.05) is 30.3 Å². The Morgan fingerprint density at radius 1 is 1.29 bits per heavy atom. The lowest BCUT2D eigenvalue weighted by Crippen LogP contribution is -2.40. The summed E-state index contributed by atoms with van der Waals surface area (Å²) in [5, 5.41) is 0. The van der Waals surface area contributed by atoms with Crippen molar-refractivity contribution in [1.82, 2.24) is 4.90 Å². The molecule has 0 aliphatic carbocycles. The van der Waals surface area contributed by atoms with Crippen molar-refractivity contribution in [2.24, 2.45) is 0 Å². The molecule has 1 aliphatic rings. The summed E-state index contributed by atoms with van der Waals surface area (Å²) < 4.78 is 5.06. The van der Waals surface area contributed by atoms with E-state index in [0.29, 0.717) is 19.7 Å². The highest BCUT2D eigenvalue weighted by molar-refractivity contribution is 5.77. The molecule has 2 rings (SSSR count). The van der Waals surface area contributed by atoms with Crippen molar-refractivity contribution in [2.45, 2.75) is 6.54 Å². The van der Waals surface area contributed by atoms with Gasteiger partial charge in [-0.2, -0.15) is 0 Å². The van der Waals surface area contributed by atoms with Gasteiger partial charge in [-0.25, -0.2) is 0 Å². The topological polar surface area (TPSA) is 29.5 Å². The molecule has 0 saturated carbocycles. The van der Waals surface area contributed by atoms with Gasteiger partial charge in [-0.3, -0.25) is 4.79 Å². The highest BCUT2D eigenvalue weighted by Crippen LogP contribution is 2.07. The summed E-state index contributed by atoms with van der Waals surface area (Å²) in [6.45, 7) is 2.28. The zero-order valence-electron chi connectivity index (χ0n) is 7.98. The number of carbonyl (C=O) groups excluding carboxylic acids is 1. The van der Waals surface area contributed by atoms with E-state index < -0.39 is 0 Å². The molecule has 0 aromatic heterocycles. The van der Waals surface area contributed by atoms with Crippen LogP contribution in [0.3, 0.4) is 0 Å². The van der Waals surface area contributed by atoms with Crippen molar-refractivity contribution >= 4 is 5.91 Å². The number of hydrogen-bond acceptors (Lipinski definition) is 2. The number of hydrogen-bond donors (Lipinski definition) is 0. The predicted molar refractivity (Wildman–Crippen MR) is 52.7 cm³/mol. The second kappa shape index (κ2) is 4.24. The van der Waals surface area contributed by atoms with Gasteiger partial charge in [0.05, 0.1) is 6.61 Å². The Kier molecular flexibility index (Phi) is 2.79. The molecule has 14 heavy (non-hydrogen) atoms. The number of rotatable bonds is 2. The van der Waals surface area contributed by atoms with Crippen LogP contribution in [-0.4, -0.2) is 30.6 Å². The van der Waals surface area contributed by atoms with E-state index in [1.807, 2.05) is 35.2 Å². The van der Waals surface area contributed by atoms with Crippen LogP contribution in [0, 0.1) is 0 Å². The number of benzene rings is 1. The fourth-order valence-electron chi connectivity index (χ4n) is 1.52. The van der Waals surface area contributed by atoms with Crippen LogP contribution in [-0.2, 0) is 16.1 Å². The molecule has 0 radical (unpaired) electrons. The summed E-state index contributed by atoms with van der Waals surface area (Å²) in [5.74, 6) is 0.0834. The molecule has 74 valence electrons. The predicted octanol–water partition coefficient (Wildman–Crippen LogP) is 1.05.